The molecule has 1 aromatic carbocycles. The van der Waals surface area contributed by atoms with Crippen LogP contribution in [0.4, 0.5) is 5.69 Å². The first-order valence-electron chi connectivity index (χ1n) is 10.3. The van der Waals surface area contributed by atoms with Crippen LogP contribution in [0.15, 0.2) is 47.1 Å². The molecule has 0 bridgehead atoms. The molecule has 0 saturated heterocycles. The quantitative estimate of drug-likeness (QED) is 0.675. The average Bonchev–Trinajstić information content (AvgIpc) is 3.37. The van der Waals surface area contributed by atoms with Crippen molar-refractivity contribution >= 4 is 11.6 Å². The number of furan rings is 1. The molecule has 1 unspecified atom stereocenters. The van der Waals surface area contributed by atoms with Crippen molar-refractivity contribution in [3.8, 4) is 0 Å². The molecule has 0 spiro atoms. The monoisotopic (exact) mass is 408 g/mol. The third-order valence-electron chi connectivity index (χ3n) is 5.49. The lowest BCUT2D eigenvalue weighted by atomic mass is 10.2. The maximum Gasteiger partial charge on any atom is 0.287 e. The first-order chi connectivity index (χ1) is 14.5. The third kappa shape index (κ3) is 4.38. The van der Waals surface area contributed by atoms with Gasteiger partial charge in [-0.3, -0.25) is 9.69 Å². The SMILES string of the molecule is CC(NC(=O)c1ccco1)c1nnc2n1CCN(Cc1ccc(N(C)C)cc1)CC2. The van der Waals surface area contributed by atoms with Gasteiger partial charge in [0.2, 0.25) is 0 Å². The van der Waals surface area contributed by atoms with E-state index < -0.39 is 0 Å². The highest BCUT2D eigenvalue weighted by Gasteiger charge is 2.23. The summed E-state index contributed by atoms with van der Waals surface area (Å²) < 4.78 is 7.31. The number of fused-ring (bicyclic) bond motifs is 1. The summed E-state index contributed by atoms with van der Waals surface area (Å²) in [5.41, 5.74) is 2.51. The van der Waals surface area contributed by atoms with Crippen LogP contribution < -0.4 is 10.2 Å². The van der Waals surface area contributed by atoms with Crippen molar-refractivity contribution in [2.75, 3.05) is 32.1 Å². The van der Waals surface area contributed by atoms with E-state index in [9.17, 15) is 4.79 Å². The number of carbonyl (C=O) groups is 1. The van der Waals surface area contributed by atoms with Crippen LogP contribution in [0.3, 0.4) is 0 Å². The van der Waals surface area contributed by atoms with Crippen LogP contribution in [0.2, 0.25) is 0 Å². The molecular weight excluding hydrogens is 380 g/mol. The zero-order valence-corrected chi connectivity index (χ0v) is 17.7. The van der Waals surface area contributed by atoms with E-state index in [1.54, 1.807) is 12.1 Å². The Bertz CT molecular complexity index is 978. The van der Waals surface area contributed by atoms with Crippen molar-refractivity contribution in [3.05, 3.63) is 65.6 Å². The van der Waals surface area contributed by atoms with Gasteiger partial charge in [-0.1, -0.05) is 12.1 Å². The van der Waals surface area contributed by atoms with Crippen LogP contribution >= 0.6 is 0 Å². The summed E-state index contributed by atoms with van der Waals surface area (Å²) in [6.07, 6.45) is 2.33. The highest BCUT2D eigenvalue weighted by molar-refractivity contribution is 5.91. The Morgan fingerprint density at radius 2 is 1.97 bits per heavy atom. The highest BCUT2D eigenvalue weighted by Crippen LogP contribution is 2.18. The molecule has 3 heterocycles. The molecule has 4 rings (SSSR count). The van der Waals surface area contributed by atoms with Gasteiger partial charge in [0, 0.05) is 52.4 Å². The van der Waals surface area contributed by atoms with Crippen LogP contribution in [0, 0.1) is 0 Å². The fourth-order valence-electron chi connectivity index (χ4n) is 3.77. The lowest BCUT2D eigenvalue weighted by molar-refractivity contribution is 0.0909. The molecule has 0 saturated carbocycles. The van der Waals surface area contributed by atoms with Crippen molar-refractivity contribution in [2.45, 2.75) is 32.5 Å². The van der Waals surface area contributed by atoms with Crippen LogP contribution in [0.25, 0.3) is 0 Å². The van der Waals surface area contributed by atoms with Crippen molar-refractivity contribution in [1.82, 2.24) is 25.0 Å². The van der Waals surface area contributed by atoms with Gasteiger partial charge in [-0.05, 0) is 36.8 Å². The van der Waals surface area contributed by atoms with Gasteiger partial charge >= 0.3 is 0 Å². The van der Waals surface area contributed by atoms with Gasteiger partial charge in [-0.15, -0.1) is 10.2 Å². The van der Waals surface area contributed by atoms with Crippen LogP contribution in [0.5, 0.6) is 0 Å². The maximum atomic E-state index is 12.3. The van der Waals surface area contributed by atoms with E-state index >= 15 is 0 Å². The summed E-state index contributed by atoms with van der Waals surface area (Å²) >= 11 is 0. The molecule has 8 heteroatoms. The van der Waals surface area contributed by atoms with E-state index in [2.05, 4.69) is 68.2 Å². The summed E-state index contributed by atoms with van der Waals surface area (Å²) in [5.74, 6) is 1.79. The lowest BCUT2D eigenvalue weighted by Gasteiger charge is -2.21. The first-order valence-corrected chi connectivity index (χ1v) is 10.3. The second kappa shape index (κ2) is 8.71. The summed E-state index contributed by atoms with van der Waals surface area (Å²) in [4.78, 5) is 16.8. The molecule has 8 nitrogen and oxygen atoms in total. The topological polar surface area (TPSA) is 79.4 Å². The Hall–Kier alpha value is -3.13. The molecule has 3 aromatic rings. The van der Waals surface area contributed by atoms with Crippen molar-refractivity contribution in [3.63, 3.8) is 0 Å². The van der Waals surface area contributed by atoms with Crippen molar-refractivity contribution in [2.24, 2.45) is 0 Å². The molecule has 158 valence electrons. The third-order valence-corrected chi connectivity index (χ3v) is 5.49. The molecule has 0 radical (unpaired) electrons. The van der Waals surface area contributed by atoms with Gasteiger partial charge in [0.05, 0.1) is 12.3 Å². The zero-order chi connectivity index (χ0) is 21.1. The molecule has 1 aliphatic heterocycles. The molecule has 30 heavy (non-hydrogen) atoms. The Balaban J connectivity index is 1.39. The van der Waals surface area contributed by atoms with E-state index in [1.165, 1.54) is 17.5 Å². The molecule has 0 aliphatic carbocycles. The van der Waals surface area contributed by atoms with Crippen LogP contribution in [-0.4, -0.2) is 52.8 Å². The lowest BCUT2D eigenvalue weighted by Crippen LogP contribution is -2.30. The van der Waals surface area contributed by atoms with Gasteiger partial charge in [0.1, 0.15) is 5.82 Å². The standard InChI is InChI=1S/C22H28N6O2/c1-16(23-22(29)19-5-4-14-30-19)21-25-24-20-10-11-27(12-13-28(20)21)15-17-6-8-18(9-7-17)26(2)3/h4-9,14,16H,10-13,15H2,1-3H3,(H,23,29). The molecule has 1 aliphatic rings. The average molecular weight is 409 g/mol. The minimum Gasteiger partial charge on any atom is -0.459 e. The Kier molecular flexibility index (Phi) is 5.85. The number of nitrogens with zero attached hydrogens (tertiary/aromatic N) is 5. The fraction of sp³-hybridized carbons (Fsp3) is 0.409. The van der Waals surface area contributed by atoms with Gasteiger partial charge in [-0.2, -0.15) is 0 Å². The van der Waals surface area contributed by atoms with E-state index in [1.807, 2.05) is 6.92 Å². The van der Waals surface area contributed by atoms with Crippen molar-refractivity contribution < 1.29 is 9.21 Å². The number of carbonyl (C=O) groups excluding carboxylic acids is 1. The smallest absolute Gasteiger partial charge is 0.287 e. The van der Waals surface area contributed by atoms with E-state index in [4.69, 9.17) is 4.42 Å². The van der Waals surface area contributed by atoms with Crippen LogP contribution in [0.1, 0.15) is 40.7 Å². The number of hydrogen-bond acceptors (Lipinski definition) is 6. The normalized spacial score (nSPS) is 15.3. The fourth-order valence-corrected chi connectivity index (χ4v) is 3.77. The summed E-state index contributed by atoms with van der Waals surface area (Å²) in [5, 5.41) is 11.7. The van der Waals surface area contributed by atoms with Crippen molar-refractivity contribution in [1.29, 1.82) is 0 Å². The molecule has 1 atom stereocenters. The maximum absolute atomic E-state index is 12.3. The Morgan fingerprint density at radius 3 is 2.67 bits per heavy atom. The Morgan fingerprint density at radius 1 is 1.17 bits per heavy atom. The largest absolute Gasteiger partial charge is 0.459 e. The first kappa shape index (κ1) is 20.2. The van der Waals surface area contributed by atoms with E-state index in [-0.39, 0.29) is 11.9 Å². The second-order valence-corrected chi connectivity index (χ2v) is 7.89. The molecule has 1 amide bonds. The number of amides is 1. The number of rotatable bonds is 6. The number of nitrogens with one attached hydrogen (secondary N) is 1. The van der Waals surface area contributed by atoms with Gasteiger partial charge in [0.25, 0.3) is 5.91 Å². The molecule has 2 aromatic heterocycles. The highest BCUT2D eigenvalue weighted by atomic mass is 16.3. The summed E-state index contributed by atoms with van der Waals surface area (Å²) in [6, 6.07) is 11.8. The van der Waals surface area contributed by atoms with E-state index in [0.717, 1.165) is 44.2 Å². The molecule has 0 fully saturated rings. The van der Waals surface area contributed by atoms with E-state index in [0.29, 0.717) is 5.76 Å². The predicted molar refractivity (Wildman–Crippen MR) is 114 cm³/mol. The second-order valence-electron chi connectivity index (χ2n) is 7.89. The Labute approximate surface area is 176 Å². The number of benzene rings is 1. The van der Waals surface area contributed by atoms with Gasteiger partial charge < -0.3 is 19.2 Å². The van der Waals surface area contributed by atoms with Crippen LogP contribution in [-0.2, 0) is 19.5 Å². The number of anilines is 1. The minimum absolute atomic E-state index is 0.249. The van der Waals surface area contributed by atoms with Gasteiger partial charge in [-0.25, -0.2) is 0 Å². The predicted octanol–water partition coefficient (Wildman–Crippen LogP) is 2.49. The number of aromatic nitrogens is 3. The summed E-state index contributed by atoms with van der Waals surface area (Å²) in [6.45, 7) is 5.47. The molecular formula is C22H28N6O2. The summed E-state index contributed by atoms with van der Waals surface area (Å²) in [7, 11) is 4.10. The molecule has 1 N–H and O–H groups in total. The van der Waals surface area contributed by atoms with Gasteiger partial charge in [0.15, 0.2) is 11.6 Å². The zero-order valence-electron chi connectivity index (χ0n) is 17.7. The number of hydrogen-bond donors (Lipinski definition) is 1. The minimum atomic E-state index is -0.256.